The first-order valence-electron chi connectivity index (χ1n) is 7.63. The van der Waals surface area contributed by atoms with Crippen LogP contribution in [0.5, 0.6) is 23.0 Å². The number of hydrogen-bond donors (Lipinski definition) is 1. The van der Waals surface area contributed by atoms with Crippen LogP contribution in [0, 0.1) is 0 Å². The number of rotatable bonds is 5. The Hall–Kier alpha value is -3.15. The monoisotopic (exact) mass is 341 g/mol. The quantitative estimate of drug-likeness (QED) is 0.771. The number of ether oxygens (including phenoxy) is 4. The third-order valence-corrected chi connectivity index (χ3v) is 4.03. The number of aromatic nitrogens is 1. The Morgan fingerprint density at radius 3 is 2.08 bits per heavy atom. The molecule has 6 heteroatoms. The fourth-order valence-corrected chi connectivity index (χ4v) is 2.82. The third-order valence-electron chi connectivity index (χ3n) is 4.03. The molecule has 0 spiro atoms. The van der Waals surface area contributed by atoms with Gasteiger partial charge in [-0.2, -0.15) is 0 Å². The van der Waals surface area contributed by atoms with Crippen LogP contribution in [-0.2, 0) is 0 Å². The molecule has 0 radical (unpaired) electrons. The molecule has 1 aromatic heterocycles. The molecule has 6 nitrogen and oxygen atoms in total. The fraction of sp³-hybridized carbons (Fsp3) is 0.211. The average molecular weight is 341 g/mol. The van der Waals surface area contributed by atoms with Crippen LogP contribution in [0.25, 0.3) is 22.2 Å². The van der Waals surface area contributed by atoms with Crippen LogP contribution < -0.4 is 24.4 Å². The second-order valence-electron chi connectivity index (χ2n) is 5.34. The molecule has 130 valence electrons. The molecule has 0 aliphatic heterocycles. The summed E-state index contributed by atoms with van der Waals surface area (Å²) in [6, 6.07) is 10.6. The number of hydrogen-bond acceptors (Lipinski definition) is 5. The standard InChI is InChI=1S/C19H19NO5/c1-22-15-7-5-11(9-17(15)24-3)13-10-14(21)18-12(20-13)6-8-16(23-2)19(18)25-4/h5-10H,1-4H3,(H,20,21). The van der Waals surface area contributed by atoms with Crippen molar-refractivity contribution in [1.82, 2.24) is 4.98 Å². The summed E-state index contributed by atoms with van der Waals surface area (Å²) in [5.41, 5.74) is 1.99. The van der Waals surface area contributed by atoms with Crippen molar-refractivity contribution in [2.45, 2.75) is 0 Å². The van der Waals surface area contributed by atoms with Crippen molar-refractivity contribution in [3.63, 3.8) is 0 Å². The average Bonchev–Trinajstić information content (AvgIpc) is 2.66. The van der Waals surface area contributed by atoms with Crippen LogP contribution in [0.1, 0.15) is 0 Å². The van der Waals surface area contributed by atoms with Crippen molar-refractivity contribution in [1.29, 1.82) is 0 Å². The van der Waals surface area contributed by atoms with Crippen LogP contribution in [0.3, 0.4) is 0 Å². The summed E-state index contributed by atoms with van der Waals surface area (Å²) < 4.78 is 21.2. The van der Waals surface area contributed by atoms with Gasteiger partial charge in [0.25, 0.3) is 0 Å². The summed E-state index contributed by atoms with van der Waals surface area (Å²) in [6.45, 7) is 0. The number of methoxy groups -OCH3 is 4. The predicted octanol–water partition coefficient (Wildman–Crippen LogP) is 3.23. The lowest BCUT2D eigenvalue weighted by molar-refractivity contribution is 0.355. The molecule has 25 heavy (non-hydrogen) atoms. The lowest BCUT2D eigenvalue weighted by Crippen LogP contribution is -2.06. The molecule has 2 aromatic carbocycles. The maximum absolute atomic E-state index is 12.7. The molecule has 0 amide bonds. The molecular weight excluding hydrogens is 322 g/mol. The van der Waals surface area contributed by atoms with Gasteiger partial charge in [0.15, 0.2) is 28.4 Å². The van der Waals surface area contributed by atoms with Gasteiger partial charge in [-0.25, -0.2) is 0 Å². The van der Waals surface area contributed by atoms with Crippen molar-refractivity contribution in [2.75, 3.05) is 28.4 Å². The van der Waals surface area contributed by atoms with Crippen LogP contribution in [0.4, 0.5) is 0 Å². The molecular formula is C19H19NO5. The van der Waals surface area contributed by atoms with E-state index in [-0.39, 0.29) is 5.43 Å². The molecule has 0 bridgehead atoms. The molecule has 1 N–H and O–H groups in total. The van der Waals surface area contributed by atoms with E-state index in [1.807, 2.05) is 12.1 Å². The van der Waals surface area contributed by atoms with Gasteiger partial charge in [0.2, 0.25) is 0 Å². The minimum absolute atomic E-state index is 0.158. The molecule has 0 saturated carbocycles. The molecule has 0 atom stereocenters. The number of benzene rings is 2. The Bertz CT molecular complexity index is 977. The Morgan fingerprint density at radius 1 is 0.760 bits per heavy atom. The van der Waals surface area contributed by atoms with E-state index in [0.717, 1.165) is 5.56 Å². The van der Waals surface area contributed by atoms with E-state index in [1.165, 1.54) is 20.3 Å². The second kappa shape index (κ2) is 6.76. The lowest BCUT2D eigenvalue weighted by atomic mass is 10.1. The number of fused-ring (bicyclic) bond motifs is 1. The number of H-pyrrole nitrogens is 1. The lowest BCUT2D eigenvalue weighted by Gasteiger charge is -2.12. The molecule has 3 aromatic rings. The van der Waals surface area contributed by atoms with Gasteiger partial charge in [-0.1, -0.05) is 0 Å². The first-order chi connectivity index (χ1) is 12.1. The first kappa shape index (κ1) is 16.7. The maximum Gasteiger partial charge on any atom is 0.193 e. The van der Waals surface area contributed by atoms with Crippen molar-refractivity contribution >= 4 is 10.9 Å². The summed E-state index contributed by atoms with van der Waals surface area (Å²) in [7, 11) is 6.20. The largest absolute Gasteiger partial charge is 0.493 e. The highest BCUT2D eigenvalue weighted by molar-refractivity contribution is 5.89. The summed E-state index contributed by atoms with van der Waals surface area (Å²) in [4.78, 5) is 16.0. The molecule has 1 heterocycles. The Balaban J connectivity index is 2.21. The molecule has 0 unspecified atom stereocenters. The van der Waals surface area contributed by atoms with Crippen molar-refractivity contribution in [3.8, 4) is 34.3 Å². The van der Waals surface area contributed by atoms with E-state index in [9.17, 15) is 4.79 Å². The van der Waals surface area contributed by atoms with E-state index in [2.05, 4.69) is 4.98 Å². The van der Waals surface area contributed by atoms with E-state index < -0.39 is 0 Å². The first-order valence-corrected chi connectivity index (χ1v) is 7.63. The van der Waals surface area contributed by atoms with E-state index in [1.54, 1.807) is 32.4 Å². The zero-order valence-electron chi connectivity index (χ0n) is 14.5. The molecule has 3 rings (SSSR count). The Morgan fingerprint density at radius 2 is 1.44 bits per heavy atom. The third kappa shape index (κ3) is 2.87. The summed E-state index contributed by atoms with van der Waals surface area (Å²) in [5.74, 6) is 2.15. The highest BCUT2D eigenvalue weighted by atomic mass is 16.5. The second-order valence-corrected chi connectivity index (χ2v) is 5.34. The van der Waals surface area contributed by atoms with Crippen LogP contribution in [-0.4, -0.2) is 33.4 Å². The van der Waals surface area contributed by atoms with Crippen molar-refractivity contribution < 1.29 is 18.9 Å². The number of aromatic amines is 1. The molecule has 0 saturated heterocycles. The fourth-order valence-electron chi connectivity index (χ4n) is 2.82. The maximum atomic E-state index is 12.7. The Labute approximate surface area is 144 Å². The zero-order valence-corrected chi connectivity index (χ0v) is 14.5. The van der Waals surface area contributed by atoms with Gasteiger partial charge in [0.05, 0.1) is 39.3 Å². The summed E-state index contributed by atoms with van der Waals surface area (Å²) >= 11 is 0. The molecule has 0 fully saturated rings. The minimum atomic E-state index is -0.158. The van der Waals surface area contributed by atoms with E-state index >= 15 is 0 Å². The summed E-state index contributed by atoms with van der Waals surface area (Å²) in [6.07, 6.45) is 0. The van der Waals surface area contributed by atoms with Gasteiger partial charge in [0.1, 0.15) is 0 Å². The number of pyridine rings is 1. The van der Waals surface area contributed by atoms with Crippen molar-refractivity contribution in [2.24, 2.45) is 0 Å². The Kier molecular flexibility index (Phi) is 4.52. The predicted molar refractivity (Wildman–Crippen MR) is 96.2 cm³/mol. The molecule has 0 aliphatic carbocycles. The van der Waals surface area contributed by atoms with Gasteiger partial charge in [0, 0.05) is 17.3 Å². The summed E-state index contributed by atoms with van der Waals surface area (Å²) in [5, 5.41) is 0.450. The number of nitrogens with one attached hydrogen (secondary N) is 1. The minimum Gasteiger partial charge on any atom is -0.493 e. The highest BCUT2D eigenvalue weighted by Gasteiger charge is 2.14. The molecule has 0 aliphatic rings. The van der Waals surface area contributed by atoms with Gasteiger partial charge < -0.3 is 23.9 Å². The van der Waals surface area contributed by atoms with Crippen LogP contribution in [0.2, 0.25) is 0 Å². The van der Waals surface area contributed by atoms with Gasteiger partial charge in [-0.05, 0) is 30.3 Å². The van der Waals surface area contributed by atoms with Crippen molar-refractivity contribution in [3.05, 3.63) is 46.6 Å². The van der Waals surface area contributed by atoms with E-state index in [0.29, 0.717) is 39.6 Å². The van der Waals surface area contributed by atoms with Crippen LogP contribution in [0.15, 0.2) is 41.2 Å². The highest BCUT2D eigenvalue weighted by Crippen LogP contribution is 2.35. The smallest absolute Gasteiger partial charge is 0.193 e. The van der Waals surface area contributed by atoms with E-state index in [4.69, 9.17) is 18.9 Å². The van der Waals surface area contributed by atoms with Gasteiger partial charge in [-0.3, -0.25) is 4.79 Å². The van der Waals surface area contributed by atoms with Gasteiger partial charge in [-0.15, -0.1) is 0 Å². The topological polar surface area (TPSA) is 69.8 Å². The van der Waals surface area contributed by atoms with Gasteiger partial charge >= 0.3 is 0 Å². The zero-order chi connectivity index (χ0) is 18.0. The van der Waals surface area contributed by atoms with Crippen LogP contribution >= 0.6 is 0 Å². The SMILES string of the molecule is COc1ccc(-c2cc(=O)c3c(OC)c(OC)ccc3[nH]2)cc1OC. The normalized spacial score (nSPS) is 10.6.